The third kappa shape index (κ3) is 3.63. The fraction of sp³-hybridized carbons (Fsp3) is 0.250. The zero-order valence-electron chi connectivity index (χ0n) is 9.64. The summed E-state index contributed by atoms with van der Waals surface area (Å²) in [4.78, 5) is 0. The molecule has 0 saturated carbocycles. The van der Waals surface area contributed by atoms with Crippen LogP contribution in [0.25, 0.3) is 0 Å². The van der Waals surface area contributed by atoms with Gasteiger partial charge in [0.05, 0.1) is 24.0 Å². The standard InChI is InChI=1S/C12H10Cl2N4/c1-2-10-3-4-11(5-12(10)13)18(14)17-8-9(6-15)7-16/h3-5,8-9H,2H2,1H3. The summed E-state index contributed by atoms with van der Waals surface area (Å²) in [6.45, 7) is 2.00. The van der Waals surface area contributed by atoms with E-state index in [1.165, 1.54) is 6.21 Å². The summed E-state index contributed by atoms with van der Waals surface area (Å²) in [6.07, 6.45) is 2.00. The van der Waals surface area contributed by atoms with Crippen molar-refractivity contribution < 1.29 is 0 Å². The van der Waals surface area contributed by atoms with Crippen molar-refractivity contribution in [3.63, 3.8) is 0 Å². The van der Waals surface area contributed by atoms with Crippen LogP contribution in [0.3, 0.4) is 0 Å². The fourth-order valence-corrected chi connectivity index (χ4v) is 1.69. The van der Waals surface area contributed by atoms with Crippen molar-refractivity contribution in [1.29, 1.82) is 10.5 Å². The second-order valence-corrected chi connectivity index (χ2v) is 4.12. The van der Waals surface area contributed by atoms with Crippen LogP contribution in [0.2, 0.25) is 5.02 Å². The smallest absolute Gasteiger partial charge is 0.170 e. The van der Waals surface area contributed by atoms with Crippen LogP contribution in [-0.2, 0) is 6.42 Å². The Morgan fingerprint density at radius 3 is 2.61 bits per heavy atom. The van der Waals surface area contributed by atoms with Gasteiger partial charge in [-0.15, -0.1) is 0 Å². The average Bonchev–Trinajstić information content (AvgIpc) is 2.39. The molecule has 0 aromatic heterocycles. The number of anilines is 1. The summed E-state index contributed by atoms with van der Waals surface area (Å²) in [5.74, 6) is -0.920. The Morgan fingerprint density at radius 1 is 1.44 bits per heavy atom. The van der Waals surface area contributed by atoms with E-state index in [1.54, 1.807) is 24.3 Å². The molecular weight excluding hydrogens is 271 g/mol. The molecule has 1 rings (SSSR count). The van der Waals surface area contributed by atoms with Crippen molar-refractivity contribution in [3.8, 4) is 12.1 Å². The molecule has 0 aliphatic heterocycles. The molecule has 0 radical (unpaired) electrons. The summed E-state index contributed by atoms with van der Waals surface area (Å²) in [6, 6.07) is 8.83. The van der Waals surface area contributed by atoms with Crippen molar-refractivity contribution >= 4 is 35.3 Å². The van der Waals surface area contributed by atoms with E-state index < -0.39 is 5.92 Å². The Labute approximate surface area is 116 Å². The SMILES string of the molecule is CCc1ccc(N(Cl)N=CC(C#N)C#N)cc1Cl. The van der Waals surface area contributed by atoms with E-state index in [9.17, 15) is 0 Å². The highest BCUT2D eigenvalue weighted by molar-refractivity contribution is 6.32. The molecule has 1 aromatic carbocycles. The minimum Gasteiger partial charge on any atom is -0.196 e. The number of hydrazone groups is 1. The molecule has 0 fully saturated rings. The quantitative estimate of drug-likeness (QED) is 0.482. The topological polar surface area (TPSA) is 63.2 Å². The Kier molecular flexibility index (Phi) is 5.45. The van der Waals surface area contributed by atoms with Gasteiger partial charge in [0.15, 0.2) is 5.92 Å². The van der Waals surface area contributed by atoms with Crippen LogP contribution in [-0.4, -0.2) is 6.21 Å². The first-order valence-corrected chi connectivity index (χ1v) is 5.91. The fourth-order valence-electron chi connectivity index (χ4n) is 1.23. The summed E-state index contributed by atoms with van der Waals surface area (Å²) in [5, 5.41) is 21.6. The number of rotatable bonds is 4. The van der Waals surface area contributed by atoms with Crippen molar-refractivity contribution in [1.82, 2.24) is 0 Å². The van der Waals surface area contributed by atoms with Gasteiger partial charge >= 0.3 is 0 Å². The lowest BCUT2D eigenvalue weighted by atomic mass is 10.1. The molecular formula is C12H10Cl2N4. The molecule has 0 atom stereocenters. The van der Waals surface area contributed by atoms with E-state index in [-0.39, 0.29) is 0 Å². The maximum absolute atomic E-state index is 8.58. The minimum atomic E-state index is -0.920. The monoisotopic (exact) mass is 280 g/mol. The molecule has 0 amide bonds. The van der Waals surface area contributed by atoms with Gasteiger partial charge in [-0.2, -0.15) is 20.2 Å². The first-order valence-electron chi connectivity index (χ1n) is 5.20. The van der Waals surface area contributed by atoms with Crippen molar-refractivity contribution in [2.24, 2.45) is 11.0 Å². The summed E-state index contributed by atoms with van der Waals surface area (Å²) >= 11 is 11.9. The highest BCUT2D eigenvalue weighted by Crippen LogP contribution is 2.25. The van der Waals surface area contributed by atoms with E-state index in [4.69, 9.17) is 33.9 Å². The number of hydrogen-bond acceptors (Lipinski definition) is 4. The second kappa shape index (κ2) is 6.86. The van der Waals surface area contributed by atoms with Gasteiger partial charge in [-0.3, -0.25) is 0 Å². The maximum atomic E-state index is 8.58. The lowest BCUT2D eigenvalue weighted by molar-refractivity contribution is 1.11. The summed E-state index contributed by atoms with van der Waals surface area (Å²) in [7, 11) is 0. The second-order valence-electron chi connectivity index (χ2n) is 3.39. The molecule has 18 heavy (non-hydrogen) atoms. The molecule has 0 unspecified atom stereocenters. The predicted octanol–water partition coefficient (Wildman–Crippen LogP) is 3.51. The van der Waals surface area contributed by atoms with E-state index >= 15 is 0 Å². The maximum Gasteiger partial charge on any atom is 0.170 e. The van der Waals surface area contributed by atoms with Crippen molar-refractivity contribution in [2.75, 3.05) is 4.53 Å². The van der Waals surface area contributed by atoms with E-state index in [1.807, 2.05) is 13.0 Å². The molecule has 0 bridgehead atoms. The van der Waals surface area contributed by atoms with Crippen LogP contribution in [0.5, 0.6) is 0 Å². The summed E-state index contributed by atoms with van der Waals surface area (Å²) < 4.78 is 1.05. The van der Waals surface area contributed by atoms with Crippen molar-refractivity contribution in [2.45, 2.75) is 13.3 Å². The molecule has 1 aromatic rings. The van der Waals surface area contributed by atoms with Crippen LogP contribution in [0.15, 0.2) is 23.3 Å². The number of hydrogen-bond donors (Lipinski definition) is 0. The zero-order chi connectivity index (χ0) is 13.5. The van der Waals surface area contributed by atoms with Crippen LogP contribution < -0.4 is 4.53 Å². The van der Waals surface area contributed by atoms with Gasteiger partial charge in [-0.1, -0.05) is 24.6 Å². The van der Waals surface area contributed by atoms with Gasteiger partial charge in [0.1, 0.15) is 0 Å². The van der Waals surface area contributed by atoms with Crippen molar-refractivity contribution in [3.05, 3.63) is 28.8 Å². The normalized spacial score (nSPS) is 10.3. The molecule has 92 valence electrons. The predicted molar refractivity (Wildman–Crippen MR) is 72.4 cm³/mol. The molecule has 0 saturated heterocycles. The van der Waals surface area contributed by atoms with E-state index in [2.05, 4.69) is 5.10 Å². The minimum absolute atomic E-state index is 0.574. The molecule has 0 spiro atoms. The van der Waals surface area contributed by atoms with E-state index in [0.29, 0.717) is 10.7 Å². The highest BCUT2D eigenvalue weighted by Gasteiger charge is 2.06. The number of benzene rings is 1. The lowest BCUT2D eigenvalue weighted by Crippen LogP contribution is -2.04. The molecule has 0 heterocycles. The molecule has 0 aliphatic carbocycles. The lowest BCUT2D eigenvalue weighted by Gasteiger charge is -2.11. The zero-order valence-corrected chi connectivity index (χ0v) is 11.2. The first-order chi connectivity index (χ1) is 8.62. The summed E-state index contributed by atoms with van der Waals surface area (Å²) in [5.41, 5.74) is 1.59. The molecule has 4 nitrogen and oxygen atoms in total. The van der Waals surface area contributed by atoms with Crippen LogP contribution >= 0.6 is 23.4 Å². The van der Waals surface area contributed by atoms with Gasteiger partial charge in [0.2, 0.25) is 0 Å². The number of halogens is 2. The molecule has 0 N–H and O–H groups in total. The largest absolute Gasteiger partial charge is 0.196 e. The third-order valence-corrected chi connectivity index (χ3v) is 2.86. The Morgan fingerprint density at radius 2 is 2.11 bits per heavy atom. The Hall–Kier alpha value is -1.75. The number of nitriles is 2. The Bertz CT molecular complexity index is 514. The van der Waals surface area contributed by atoms with Crippen LogP contribution in [0, 0.1) is 28.6 Å². The van der Waals surface area contributed by atoms with Gasteiger partial charge in [-0.05, 0) is 24.1 Å². The van der Waals surface area contributed by atoms with Crippen LogP contribution in [0.1, 0.15) is 12.5 Å². The molecule has 6 heteroatoms. The Balaban J connectivity index is 2.86. The highest BCUT2D eigenvalue weighted by atomic mass is 35.5. The van der Waals surface area contributed by atoms with Gasteiger partial charge < -0.3 is 0 Å². The van der Waals surface area contributed by atoms with Gasteiger partial charge in [0, 0.05) is 16.8 Å². The number of aryl methyl sites for hydroxylation is 1. The number of nitrogens with zero attached hydrogens (tertiary/aromatic N) is 4. The van der Waals surface area contributed by atoms with Gasteiger partial charge in [-0.25, -0.2) is 0 Å². The van der Waals surface area contributed by atoms with Crippen LogP contribution in [0.4, 0.5) is 5.69 Å². The molecule has 0 aliphatic rings. The van der Waals surface area contributed by atoms with Gasteiger partial charge in [0.25, 0.3) is 0 Å². The average molecular weight is 281 g/mol. The third-order valence-electron chi connectivity index (χ3n) is 2.23. The first kappa shape index (κ1) is 14.3. The van der Waals surface area contributed by atoms with E-state index in [0.717, 1.165) is 16.5 Å².